The first-order valence-corrected chi connectivity index (χ1v) is 7.62. The average molecular weight is 337 g/mol. The van der Waals surface area contributed by atoms with Crippen molar-refractivity contribution in [2.45, 2.75) is 13.8 Å². The number of pyridine rings is 2. The number of nitrogens with zero attached hydrogens (tertiary/aromatic N) is 3. The van der Waals surface area contributed by atoms with Crippen molar-refractivity contribution in [2.75, 3.05) is 10.7 Å². The summed E-state index contributed by atoms with van der Waals surface area (Å²) in [6, 6.07) is 11.4. The molecule has 3 aromatic rings. The lowest BCUT2D eigenvalue weighted by Crippen LogP contribution is -2.07. The third kappa shape index (κ3) is 4.14. The molecular weight excluding hydrogens is 321 g/mol. The average Bonchev–Trinajstić information content (AvgIpc) is 2.56. The number of hydrogen-bond acceptors (Lipinski definition) is 5. The van der Waals surface area contributed by atoms with Crippen molar-refractivity contribution in [1.29, 1.82) is 0 Å². The van der Waals surface area contributed by atoms with Gasteiger partial charge in [0.05, 0.1) is 6.21 Å². The highest BCUT2D eigenvalue weighted by Crippen LogP contribution is 2.20. The number of anilines is 2. The van der Waals surface area contributed by atoms with Crippen LogP contribution in [0.5, 0.6) is 0 Å². The quantitative estimate of drug-likeness (QED) is 0.564. The van der Waals surface area contributed by atoms with Gasteiger partial charge in [0.25, 0.3) is 0 Å². The summed E-state index contributed by atoms with van der Waals surface area (Å²) in [5, 5.41) is 7.63. The lowest BCUT2D eigenvalue weighted by atomic mass is 10.2. The third-order valence-corrected chi connectivity index (χ3v) is 3.45. The van der Waals surface area contributed by atoms with E-state index in [1.807, 2.05) is 19.1 Å². The zero-order valence-electron chi connectivity index (χ0n) is 13.7. The van der Waals surface area contributed by atoms with Crippen molar-refractivity contribution in [3.8, 4) is 0 Å². The molecule has 126 valence electrons. The molecule has 0 bridgehead atoms. The van der Waals surface area contributed by atoms with Crippen LogP contribution in [0, 0.1) is 12.7 Å². The van der Waals surface area contributed by atoms with Crippen molar-refractivity contribution in [3.63, 3.8) is 0 Å². The molecule has 1 amide bonds. The molecule has 0 saturated heterocycles. The number of carbonyl (C=O) groups excluding carboxylic acids is 1. The molecule has 6 nitrogen and oxygen atoms in total. The van der Waals surface area contributed by atoms with Gasteiger partial charge in [0.1, 0.15) is 17.5 Å². The highest BCUT2D eigenvalue weighted by Gasteiger charge is 2.06. The van der Waals surface area contributed by atoms with E-state index in [0.717, 1.165) is 16.5 Å². The van der Waals surface area contributed by atoms with E-state index >= 15 is 0 Å². The SMILES string of the molecule is CC(=O)Nc1ccc2c(C)cc(N/N=C/c3ccc(F)cc3)nc2n1. The van der Waals surface area contributed by atoms with E-state index in [2.05, 4.69) is 25.8 Å². The minimum atomic E-state index is -0.294. The Morgan fingerprint density at radius 1 is 1.12 bits per heavy atom. The van der Waals surface area contributed by atoms with Gasteiger partial charge in [0.15, 0.2) is 5.65 Å². The first kappa shape index (κ1) is 16.5. The maximum Gasteiger partial charge on any atom is 0.222 e. The molecule has 0 atom stereocenters. The number of amides is 1. The van der Waals surface area contributed by atoms with Crippen LogP contribution in [0.4, 0.5) is 16.0 Å². The fourth-order valence-electron chi connectivity index (χ4n) is 2.30. The first-order valence-electron chi connectivity index (χ1n) is 7.62. The Kier molecular flexibility index (Phi) is 4.65. The van der Waals surface area contributed by atoms with Crippen LogP contribution >= 0.6 is 0 Å². The molecule has 0 aliphatic rings. The van der Waals surface area contributed by atoms with Gasteiger partial charge in [-0.15, -0.1) is 0 Å². The van der Waals surface area contributed by atoms with Gasteiger partial charge in [-0.3, -0.25) is 10.2 Å². The van der Waals surface area contributed by atoms with E-state index in [1.54, 1.807) is 24.4 Å². The molecule has 3 rings (SSSR count). The molecule has 25 heavy (non-hydrogen) atoms. The van der Waals surface area contributed by atoms with E-state index in [4.69, 9.17) is 0 Å². The van der Waals surface area contributed by atoms with E-state index in [0.29, 0.717) is 17.3 Å². The second-order valence-electron chi connectivity index (χ2n) is 5.49. The number of aromatic nitrogens is 2. The van der Waals surface area contributed by atoms with E-state index in [9.17, 15) is 9.18 Å². The van der Waals surface area contributed by atoms with Gasteiger partial charge in [0.2, 0.25) is 5.91 Å². The summed E-state index contributed by atoms with van der Waals surface area (Å²) < 4.78 is 12.9. The molecule has 0 spiro atoms. The fraction of sp³-hybridized carbons (Fsp3) is 0.111. The van der Waals surface area contributed by atoms with Crippen molar-refractivity contribution in [3.05, 3.63) is 59.4 Å². The summed E-state index contributed by atoms with van der Waals surface area (Å²) in [7, 11) is 0. The Morgan fingerprint density at radius 3 is 2.56 bits per heavy atom. The van der Waals surface area contributed by atoms with Crippen molar-refractivity contribution in [2.24, 2.45) is 5.10 Å². The molecule has 7 heteroatoms. The Bertz CT molecular complexity index is 954. The number of carbonyl (C=O) groups is 1. The Balaban J connectivity index is 1.83. The van der Waals surface area contributed by atoms with Gasteiger partial charge < -0.3 is 5.32 Å². The Morgan fingerprint density at radius 2 is 1.84 bits per heavy atom. The summed E-state index contributed by atoms with van der Waals surface area (Å²) in [6.45, 7) is 3.37. The summed E-state index contributed by atoms with van der Waals surface area (Å²) in [4.78, 5) is 19.9. The molecular formula is C18H16FN5O. The fourth-order valence-corrected chi connectivity index (χ4v) is 2.30. The number of nitrogens with one attached hydrogen (secondary N) is 2. The topological polar surface area (TPSA) is 79.3 Å². The van der Waals surface area contributed by atoms with Crippen LogP contribution in [0.2, 0.25) is 0 Å². The number of rotatable bonds is 4. The first-order chi connectivity index (χ1) is 12.0. The highest BCUT2D eigenvalue weighted by atomic mass is 19.1. The smallest absolute Gasteiger partial charge is 0.222 e. The minimum Gasteiger partial charge on any atom is -0.311 e. The van der Waals surface area contributed by atoms with E-state index in [1.165, 1.54) is 19.1 Å². The van der Waals surface area contributed by atoms with Gasteiger partial charge in [-0.05, 0) is 48.4 Å². The maximum atomic E-state index is 12.9. The molecule has 2 aromatic heterocycles. The molecule has 2 heterocycles. The molecule has 1 aromatic carbocycles. The van der Waals surface area contributed by atoms with E-state index in [-0.39, 0.29) is 11.7 Å². The number of hydrazone groups is 1. The monoisotopic (exact) mass is 337 g/mol. The van der Waals surface area contributed by atoms with Crippen molar-refractivity contribution >= 4 is 34.8 Å². The van der Waals surface area contributed by atoms with Gasteiger partial charge in [-0.25, -0.2) is 14.4 Å². The van der Waals surface area contributed by atoms with Crippen LogP contribution in [0.1, 0.15) is 18.1 Å². The predicted molar refractivity (Wildman–Crippen MR) is 96.2 cm³/mol. The maximum absolute atomic E-state index is 12.9. The largest absolute Gasteiger partial charge is 0.311 e. The summed E-state index contributed by atoms with van der Waals surface area (Å²) in [5.41, 5.74) is 5.08. The molecule has 0 unspecified atom stereocenters. The lowest BCUT2D eigenvalue weighted by Gasteiger charge is -2.07. The summed E-state index contributed by atoms with van der Waals surface area (Å²) in [6.07, 6.45) is 1.57. The second-order valence-corrected chi connectivity index (χ2v) is 5.49. The van der Waals surface area contributed by atoms with Crippen molar-refractivity contribution < 1.29 is 9.18 Å². The zero-order chi connectivity index (χ0) is 17.8. The molecule has 0 aliphatic heterocycles. The van der Waals surface area contributed by atoms with Crippen LogP contribution in [-0.4, -0.2) is 22.1 Å². The predicted octanol–water partition coefficient (Wildman–Crippen LogP) is 3.48. The highest BCUT2D eigenvalue weighted by molar-refractivity contribution is 5.90. The molecule has 0 saturated carbocycles. The molecule has 0 aliphatic carbocycles. The number of fused-ring (bicyclic) bond motifs is 1. The van der Waals surface area contributed by atoms with Crippen LogP contribution in [-0.2, 0) is 4.79 Å². The van der Waals surface area contributed by atoms with Crippen LogP contribution in [0.3, 0.4) is 0 Å². The van der Waals surface area contributed by atoms with Gasteiger partial charge in [-0.2, -0.15) is 5.10 Å². The van der Waals surface area contributed by atoms with Gasteiger partial charge in [-0.1, -0.05) is 12.1 Å². The van der Waals surface area contributed by atoms with Crippen LogP contribution in [0.15, 0.2) is 47.6 Å². The Hall–Kier alpha value is -3.35. The molecule has 0 radical (unpaired) electrons. The Labute approximate surface area is 143 Å². The normalized spacial score (nSPS) is 11.0. The van der Waals surface area contributed by atoms with Gasteiger partial charge >= 0.3 is 0 Å². The van der Waals surface area contributed by atoms with E-state index < -0.39 is 0 Å². The summed E-state index contributed by atoms with van der Waals surface area (Å²) in [5.74, 6) is 0.481. The summed E-state index contributed by atoms with van der Waals surface area (Å²) >= 11 is 0. The second kappa shape index (κ2) is 7.04. The number of aryl methyl sites for hydroxylation is 1. The van der Waals surface area contributed by atoms with Gasteiger partial charge in [0, 0.05) is 12.3 Å². The minimum absolute atomic E-state index is 0.193. The van der Waals surface area contributed by atoms with Crippen molar-refractivity contribution in [1.82, 2.24) is 9.97 Å². The molecule has 2 N–H and O–H groups in total. The number of halogens is 1. The third-order valence-electron chi connectivity index (χ3n) is 3.45. The van der Waals surface area contributed by atoms with Crippen LogP contribution in [0.25, 0.3) is 11.0 Å². The van der Waals surface area contributed by atoms with Crippen LogP contribution < -0.4 is 10.7 Å². The lowest BCUT2D eigenvalue weighted by molar-refractivity contribution is -0.114. The zero-order valence-corrected chi connectivity index (χ0v) is 13.7. The number of hydrogen-bond donors (Lipinski definition) is 2. The standard InChI is InChI=1S/C18H16FN5O/c1-11-9-17(24-20-10-13-3-5-14(19)6-4-13)23-18-15(11)7-8-16(22-18)21-12(2)25/h3-10H,1-2H3,(H2,21,22,23,24,25)/b20-10+. The number of benzene rings is 1. The molecule has 0 fully saturated rings.